The van der Waals surface area contributed by atoms with E-state index >= 15 is 0 Å². The molecule has 0 atom stereocenters. The SMILES string of the molecule is O=C(NCc1ccco1)c1cccc(NC(=O)c2nsc3ccccc23)c1. The molecule has 27 heavy (non-hydrogen) atoms. The van der Waals surface area contributed by atoms with Crippen molar-refractivity contribution in [3.05, 3.63) is 83.9 Å². The Hall–Kier alpha value is -3.45. The monoisotopic (exact) mass is 377 g/mol. The van der Waals surface area contributed by atoms with E-state index in [0.29, 0.717) is 29.2 Å². The number of benzene rings is 2. The fourth-order valence-electron chi connectivity index (χ4n) is 2.66. The Morgan fingerprint density at radius 2 is 1.89 bits per heavy atom. The number of fused-ring (bicyclic) bond motifs is 1. The van der Waals surface area contributed by atoms with Gasteiger partial charge >= 0.3 is 0 Å². The summed E-state index contributed by atoms with van der Waals surface area (Å²) in [5.74, 6) is 0.116. The van der Waals surface area contributed by atoms with Crippen LogP contribution in [-0.4, -0.2) is 16.2 Å². The van der Waals surface area contributed by atoms with Gasteiger partial charge in [0.1, 0.15) is 11.5 Å². The average molecular weight is 377 g/mol. The summed E-state index contributed by atoms with van der Waals surface area (Å²) < 4.78 is 10.4. The van der Waals surface area contributed by atoms with Crippen molar-refractivity contribution in [3.63, 3.8) is 0 Å². The third kappa shape index (κ3) is 3.73. The number of hydrogen-bond acceptors (Lipinski definition) is 5. The zero-order valence-corrected chi connectivity index (χ0v) is 15.0. The van der Waals surface area contributed by atoms with Gasteiger partial charge in [0, 0.05) is 16.6 Å². The van der Waals surface area contributed by atoms with Crippen LogP contribution in [0.4, 0.5) is 5.69 Å². The van der Waals surface area contributed by atoms with E-state index in [1.807, 2.05) is 24.3 Å². The first-order valence-corrected chi connectivity index (χ1v) is 9.04. The maximum atomic E-state index is 12.6. The summed E-state index contributed by atoms with van der Waals surface area (Å²) in [5.41, 5.74) is 1.36. The number of furan rings is 1. The summed E-state index contributed by atoms with van der Waals surface area (Å²) in [4.78, 5) is 24.9. The summed E-state index contributed by atoms with van der Waals surface area (Å²) in [6.07, 6.45) is 1.56. The molecule has 6 nitrogen and oxygen atoms in total. The van der Waals surface area contributed by atoms with Gasteiger partial charge < -0.3 is 15.1 Å². The Kier molecular flexibility index (Phi) is 4.67. The molecule has 2 aromatic heterocycles. The summed E-state index contributed by atoms with van der Waals surface area (Å²) >= 11 is 1.28. The number of anilines is 1. The van der Waals surface area contributed by atoms with Crippen LogP contribution in [0.5, 0.6) is 0 Å². The molecular formula is C20H15N3O3S. The number of amides is 2. The first-order valence-electron chi connectivity index (χ1n) is 8.27. The van der Waals surface area contributed by atoms with Gasteiger partial charge in [-0.25, -0.2) is 0 Å². The quantitative estimate of drug-likeness (QED) is 0.549. The van der Waals surface area contributed by atoms with Crippen LogP contribution in [-0.2, 0) is 6.54 Å². The van der Waals surface area contributed by atoms with Gasteiger partial charge in [-0.1, -0.05) is 24.3 Å². The summed E-state index contributed by atoms with van der Waals surface area (Å²) in [6.45, 7) is 0.299. The molecule has 2 heterocycles. The summed E-state index contributed by atoms with van der Waals surface area (Å²) in [6, 6.07) is 17.9. The molecule has 0 aliphatic rings. The highest BCUT2D eigenvalue weighted by atomic mass is 32.1. The molecule has 0 aliphatic heterocycles. The van der Waals surface area contributed by atoms with Crippen molar-refractivity contribution in [2.45, 2.75) is 6.54 Å². The van der Waals surface area contributed by atoms with Gasteiger partial charge in [0.15, 0.2) is 0 Å². The van der Waals surface area contributed by atoms with E-state index in [2.05, 4.69) is 15.0 Å². The minimum atomic E-state index is -0.305. The van der Waals surface area contributed by atoms with Crippen LogP contribution in [0.3, 0.4) is 0 Å². The molecule has 4 aromatic rings. The maximum absolute atomic E-state index is 12.6. The smallest absolute Gasteiger partial charge is 0.276 e. The van der Waals surface area contributed by atoms with Crippen LogP contribution in [0.15, 0.2) is 71.3 Å². The molecule has 4 rings (SSSR count). The van der Waals surface area contributed by atoms with Crippen LogP contribution in [0, 0.1) is 0 Å². The number of carbonyl (C=O) groups is 2. The average Bonchev–Trinajstić information content (AvgIpc) is 3.36. The van der Waals surface area contributed by atoms with Gasteiger partial charge in [0.25, 0.3) is 11.8 Å². The lowest BCUT2D eigenvalue weighted by Crippen LogP contribution is -2.22. The summed E-state index contributed by atoms with van der Waals surface area (Å²) in [7, 11) is 0. The van der Waals surface area contributed by atoms with Crippen LogP contribution in [0.2, 0.25) is 0 Å². The van der Waals surface area contributed by atoms with Gasteiger partial charge in [0.2, 0.25) is 0 Å². The van der Waals surface area contributed by atoms with Crippen molar-refractivity contribution in [1.29, 1.82) is 0 Å². The highest BCUT2D eigenvalue weighted by Crippen LogP contribution is 2.23. The largest absolute Gasteiger partial charge is 0.467 e. The normalized spacial score (nSPS) is 10.7. The third-order valence-electron chi connectivity index (χ3n) is 3.98. The molecule has 2 amide bonds. The van der Waals surface area contributed by atoms with Crippen LogP contribution in [0.1, 0.15) is 26.6 Å². The number of hydrogen-bond donors (Lipinski definition) is 2. The highest BCUT2D eigenvalue weighted by Gasteiger charge is 2.15. The molecular weight excluding hydrogens is 362 g/mol. The van der Waals surface area contributed by atoms with Crippen molar-refractivity contribution in [1.82, 2.24) is 9.69 Å². The minimum absolute atomic E-state index is 0.249. The maximum Gasteiger partial charge on any atom is 0.276 e. The highest BCUT2D eigenvalue weighted by molar-refractivity contribution is 7.13. The van der Waals surface area contributed by atoms with E-state index in [0.717, 1.165) is 10.1 Å². The second kappa shape index (κ2) is 7.43. The van der Waals surface area contributed by atoms with Gasteiger partial charge in [-0.15, -0.1) is 0 Å². The van der Waals surface area contributed by atoms with E-state index in [1.165, 1.54) is 11.5 Å². The minimum Gasteiger partial charge on any atom is -0.467 e. The molecule has 134 valence electrons. The molecule has 0 saturated heterocycles. The molecule has 0 unspecified atom stereocenters. The Labute approximate surface area is 159 Å². The molecule has 0 aliphatic carbocycles. The van der Waals surface area contributed by atoms with Crippen molar-refractivity contribution >= 4 is 39.1 Å². The van der Waals surface area contributed by atoms with Gasteiger partial charge in [-0.2, -0.15) is 4.37 Å². The molecule has 0 radical (unpaired) electrons. The Bertz CT molecular complexity index is 1100. The lowest BCUT2D eigenvalue weighted by Gasteiger charge is -2.07. The lowest BCUT2D eigenvalue weighted by molar-refractivity contribution is 0.0946. The van der Waals surface area contributed by atoms with Crippen molar-refractivity contribution in [2.75, 3.05) is 5.32 Å². The molecule has 2 N–H and O–H groups in total. The fourth-order valence-corrected chi connectivity index (χ4v) is 3.43. The topological polar surface area (TPSA) is 84.2 Å². The standard InChI is InChI=1S/C20H15N3O3S/c24-19(21-12-15-7-4-10-26-15)13-5-3-6-14(11-13)22-20(25)18-16-8-1-2-9-17(16)27-23-18/h1-11H,12H2,(H,21,24)(H,22,25). The predicted molar refractivity (Wildman–Crippen MR) is 104 cm³/mol. The number of nitrogens with one attached hydrogen (secondary N) is 2. The Morgan fingerprint density at radius 3 is 2.74 bits per heavy atom. The van der Waals surface area contributed by atoms with Crippen LogP contribution >= 0.6 is 11.5 Å². The molecule has 2 aromatic carbocycles. The summed E-state index contributed by atoms with van der Waals surface area (Å²) in [5, 5.41) is 6.40. The molecule has 0 saturated carbocycles. The fraction of sp³-hybridized carbons (Fsp3) is 0.0500. The van der Waals surface area contributed by atoms with Crippen LogP contribution < -0.4 is 10.6 Å². The zero-order valence-electron chi connectivity index (χ0n) is 14.1. The Balaban J connectivity index is 1.47. The van der Waals surface area contributed by atoms with Crippen molar-refractivity contribution in [2.24, 2.45) is 0 Å². The number of carbonyl (C=O) groups excluding carboxylic acids is 2. The molecule has 0 fully saturated rings. The van der Waals surface area contributed by atoms with E-state index in [1.54, 1.807) is 42.7 Å². The number of rotatable bonds is 5. The zero-order chi connectivity index (χ0) is 18.6. The molecule has 0 spiro atoms. The first kappa shape index (κ1) is 17.0. The first-order chi connectivity index (χ1) is 13.2. The second-order valence-corrected chi connectivity index (χ2v) is 6.63. The Morgan fingerprint density at radius 1 is 1.00 bits per heavy atom. The van der Waals surface area contributed by atoms with Crippen molar-refractivity contribution < 1.29 is 14.0 Å². The number of nitrogens with zero attached hydrogens (tertiary/aromatic N) is 1. The lowest BCUT2D eigenvalue weighted by atomic mass is 10.1. The van der Waals surface area contributed by atoms with E-state index < -0.39 is 0 Å². The third-order valence-corrected chi connectivity index (χ3v) is 4.80. The van der Waals surface area contributed by atoms with Gasteiger partial charge in [-0.05, 0) is 47.9 Å². The molecule has 0 bridgehead atoms. The predicted octanol–water partition coefficient (Wildman–Crippen LogP) is 4.07. The van der Waals surface area contributed by atoms with Crippen LogP contribution in [0.25, 0.3) is 10.1 Å². The number of aromatic nitrogens is 1. The second-order valence-electron chi connectivity index (χ2n) is 5.82. The van der Waals surface area contributed by atoms with Crippen molar-refractivity contribution in [3.8, 4) is 0 Å². The van der Waals surface area contributed by atoms with E-state index in [9.17, 15) is 9.59 Å². The molecule has 7 heteroatoms. The van der Waals surface area contributed by atoms with Gasteiger partial charge in [-0.3, -0.25) is 9.59 Å². The van der Waals surface area contributed by atoms with Gasteiger partial charge in [0.05, 0.1) is 17.5 Å². The van der Waals surface area contributed by atoms with E-state index in [4.69, 9.17) is 4.42 Å². The van der Waals surface area contributed by atoms with E-state index in [-0.39, 0.29) is 11.8 Å².